The number of unbranched alkanes of at least 4 members (excludes halogenated alkanes) is 1. The Balaban J connectivity index is 0.00000242. The van der Waals surface area contributed by atoms with E-state index in [0.717, 1.165) is 34.9 Å². The Hall–Kier alpha value is -0.480. The van der Waals surface area contributed by atoms with Crippen LogP contribution in [0.2, 0.25) is 5.02 Å². The lowest BCUT2D eigenvalue weighted by molar-refractivity contribution is 0.150. The molecule has 0 spiro atoms. The van der Waals surface area contributed by atoms with Gasteiger partial charge in [-0.3, -0.25) is 0 Å². The number of likely N-dealkylation sites (N-methyl/N-ethyl adjacent to an activating group) is 1. The molecule has 0 radical (unpaired) electrons. The van der Waals surface area contributed by atoms with Crippen LogP contribution in [-0.4, -0.2) is 56.2 Å². The van der Waals surface area contributed by atoms with Gasteiger partial charge in [0.25, 0.3) is 0 Å². The number of rotatable bonds is 6. The van der Waals surface area contributed by atoms with E-state index >= 15 is 0 Å². The molecule has 0 amide bonds. The zero-order chi connectivity index (χ0) is 15.2. The lowest BCUT2D eigenvalue weighted by atomic mass is 10.1. The third kappa shape index (κ3) is 5.62. The molecule has 3 nitrogen and oxygen atoms in total. The predicted molar refractivity (Wildman–Crippen MR) is 96.8 cm³/mol. The largest absolute Gasteiger partial charge is 0.492 e. The molecule has 0 unspecified atom stereocenters. The van der Waals surface area contributed by atoms with E-state index in [0.29, 0.717) is 0 Å². The van der Waals surface area contributed by atoms with E-state index in [4.69, 9.17) is 16.3 Å². The van der Waals surface area contributed by atoms with Crippen LogP contribution in [0.25, 0.3) is 0 Å². The van der Waals surface area contributed by atoms with E-state index in [1.54, 1.807) is 0 Å². The average Bonchev–Trinajstić information content (AvgIpc) is 2.48. The third-order valence-corrected chi connectivity index (χ3v) is 4.67. The first-order valence-corrected chi connectivity index (χ1v) is 8.25. The fraction of sp³-hybridized carbons (Fsp3) is 0.647. The van der Waals surface area contributed by atoms with Crippen molar-refractivity contribution in [2.45, 2.75) is 26.7 Å². The molecule has 1 heterocycles. The molecule has 0 N–H and O–H groups in total. The van der Waals surface area contributed by atoms with Crippen LogP contribution in [0.5, 0.6) is 5.75 Å². The van der Waals surface area contributed by atoms with Crippen LogP contribution in [-0.2, 0) is 0 Å². The van der Waals surface area contributed by atoms with Gasteiger partial charge in [0, 0.05) is 26.2 Å². The van der Waals surface area contributed by atoms with Crippen LogP contribution < -0.4 is 4.74 Å². The van der Waals surface area contributed by atoms with Gasteiger partial charge >= 0.3 is 0 Å². The molecular formula is C17H28Cl2N2O. The van der Waals surface area contributed by atoms with Gasteiger partial charge in [-0.1, -0.05) is 23.7 Å². The molecule has 0 aliphatic carbocycles. The maximum absolute atomic E-state index is 6.31. The van der Waals surface area contributed by atoms with Crippen molar-refractivity contribution in [2.24, 2.45) is 0 Å². The maximum Gasteiger partial charge on any atom is 0.141 e. The molecule has 1 aliphatic heterocycles. The molecule has 2 rings (SSSR count). The van der Waals surface area contributed by atoms with Gasteiger partial charge < -0.3 is 14.5 Å². The summed E-state index contributed by atoms with van der Waals surface area (Å²) in [5.74, 6) is 0.858. The summed E-state index contributed by atoms with van der Waals surface area (Å²) in [6.07, 6.45) is 2.27. The minimum atomic E-state index is 0. The van der Waals surface area contributed by atoms with Crippen molar-refractivity contribution in [3.8, 4) is 5.75 Å². The Morgan fingerprint density at radius 3 is 2.36 bits per heavy atom. The van der Waals surface area contributed by atoms with Crippen molar-refractivity contribution in [2.75, 3.05) is 46.4 Å². The topological polar surface area (TPSA) is 15.7 Å². The fourth-order valence-electron chi connectivity index (χ4n) is 2.61. The highest BCUT2D eigenvalue weighted by molar-refractivity contribution is 6.32. The number of ether oxygens (including phenoxy) is 1. The van der Waals surface area contributed by atoms with Crippen molar-refractivity contribution < 1.29 is 4.74 Å². The minimum absolute atomic E-state index is 0. The number of benzene rings is 1. The smallest absolute Gasteiger partial charge is 0.141 e. The Kier molecular flexibility index (Phi) is 8.55. The summed E-state index contributed by atoms with van der Waals surface area (Å²) in [6, 6.07) is 4.11. The molecule has 1 saturated heterocycles. The molecule has 22 heavy (non-hydrogen) atoms. The van der Waals surface area contributed by atoms with Gasteiger partial charge in [0.05, 0.1) is 11.6 Å². The highest BCUT2D eigenvalue weighted by Gasteiger charge is 2.13. The second-order valence-electron chi connectivity index (χ2n) is 6.04. The van der Waals surface area contributed by atoms with Crippen LogP contribution in [0.1, 0.15) is 24.0 Å². The van der Waals surface area contributed by atoms with Crippen molar-refractivity contribution in [3.63, 3.8) is 0 Å². The number of aryl methyl sites for hydroxylation is 2. The summed E-state index contributed by atoms with van der Waals surface area (Å²) in [5, 5.41) is 0.758. The summed E-state index contributed by atoms with van der Waals surface area (Å²) in [7, 11) is 2.19. The van der Waals surface area contributed by atoms with Crippen molar-refractivity contribution >= 4 is 24.0 Å². The van der Waals surface area contributed by atoms with E-state index in [1.165, 1.54) is 39.1 Å². The molecule has 0 saturated carbocycles. The number of hydrogen-bond acceptors (Lipinski definition) is 3. The normalized spacial score (nSPS) is 16.4. The molecular weight excluding hydrogens is 319 g/mol. The van der Waals surface area contributed by atoms with E-state index < -0.39 is 0 Å². The van der Waals surface area contributed by atoms with Gasteiger partial charge in [0.15, 0.2) is 0 Å². The van der Waals surface area contributed by atoms with Gasteiger partial charge in [-0.05, 0) is 51.4 Å². The van der Waals surface area contributed by atoms with E-state index in [1.807, 2.05) is 19.9 Å². The summed E-state index contributed by atoms with van der Waals surface area (Å²) in [6.45, 7) is 10.8. The minimum Gasteiger partial charge on any atom is -0.492 e. The van der Waals surface area contributed by atoms with Gasteiger partial charge in [-0.2, -0.15) is 0 Å². The second kappa shape index (κ2) is 9.61. The van der Waals surface area contributed by atoms with Gasteiger partial charge in [0.2, 0.25) is 0 Å². The molecule has 1 fully saturated rings. The second-order valence-corrected chi connectivity index (χ2v) is 6.42. The lowest BCUT2D eigenvalue weighted by Gasteiger charge is -2.32. The van der Waals surface area contributed by atoms with Gasteiger partial charge in [0.1, 0.15) is 5.75 Å². The summed E-state index contributed by atoms with van der Waals surface area (Å²) >= 11 is 6.31. The zero-order valence-corrected chi connectivity index (χ0v) is 15.5. The summed E-state index contributed by atoms with van der Waals surface area (Å²) in [5.41, 5.74) is 2.19. The monoisotopic (exact) mass is 346 g/mol. The maximum atomic E-state index is 6.31. The average molecular weight is 347 g/mol. The molecule has 1 aromatic carbocycles. The SMILES string of the molecule is Cc1ccc(C)c(OCCCCN2CCN(C)CC2)c1Cl.Cl. The highest BCUT2D eigenvalue weighted by Crippen LogP contribution is 2.31. The molecule has 1 aromatic rings. The quantitative estimate of drug-likeness (QED) is 0.729. The molecule has 126 valence electrons. The van der Waals surface area contributed by atoms with Crippen molar-refractivity contribution in [1.82, 2.24) is 9.80 Å². The first-order chi connectivity index (χ1) is 10.1. The van der Waals surface area contributed by atoms with Crippen LogP contribution >= 0.6 is 24.0 Å². The van der Waals surface area contributed by atoms with Crippen molar-refractivity contribution in [3.05, 3.63) is 28.3 Å². The molecule has 5 heteroatoms. The molecule has 1 aliphatic rings. The summed E-state index contributed by atoms with van der Waals surface area (Å²) < 4.78 is 5.90. The van der Waals surface area contributed by atoms with Crippen LogP contribution in [0.15, 0.2) is 12.1 Å². The number of hydrogen-bond donors (Lipinski definition) is 0. The first-order valence-electron chi connectivity index (χ1n) is 7.87. The van der Waals surface area contributed by atoms with Crippen LogP contribution in [0, 0.1) is 13.8 Å². The highest BCUT2D eigenvalue weighted by atomic mass is 35.5. The molecule has 0 atom stereocenters. The van der Waals surface area contributed by atoms with Crippen molar-refractivity contribution in [1.29, 1.82) is 0 Å². The number of halogens is 2. The third-order valence-electron chi connectivity index (χ3n) is 4.20. The van der Waals surface area contributed by atoms with E-state index in [9.17, 15) is 0 Å². The van der Waals surface area contributed by atoms with Gasteiger partial charge in [-0.15, -0.1) is 12.4 Å². The number of nitrogens with zero attached hydrogens (tertiary/aromatic N) is 2. The summed E-state index contributed by atoms with van der Waals surface area (Å²) in [4.78, 5) is 4.94. The number of piperazine rings is 1. The fourth-order valence-corrected chi connectivity index (χ4v) is 2.88. The standard InChI is InChI=1S/C17H27ClN2O.ClH/c1-14-6-7-15(2)17(16(14)18)21-13-5-4-8-20-11-9-19(3)10-12-20;/h6-7H,4-5,8-13H2,1-3H3;1H. The van der Waals surface area contributed by atoms with E-state index in [-0.39, 0.29) is 12.4 Å². The zero-order valence-electron chi connectivity index (χ0n) is 13.9. The van der Waals surface area contributed by atoms with Crippen LogP contribution in [0.3, 0.4) is 0 Å². The predicted octanol–water partition coefficient (Wildman–Crippen LogP) is 3.79. The van der Waals surface area contributed by atoms with E-state index in [2.05, 4.69) is 22.9 Å². The van der Waals surface area contributed by atoms with Gasteiger partial charge in [-0.25, -0.2) is 0 Å². The first kappa shape index (κ1) is 19.6. The molecule has 0 aromatic heterocycles. The Morgan fingerprint density at radius 1 is 1.05 bits per heavy atom. The lowest BCUT2D eigenvalue weighted by Crippen LogP contribution is -2.44. The molecule has 0 bridgehead atoms. The van der Waals surface area contributed by atoms with Crippen LogP contribution in [0.4, 0.5) is 0 Å². The Morgan fingerprint density at radius 2 is 1.68 bits per heavy atom. The Labute approximate surface area is 146 Å². The Bertz CT molecular complexity index is 460.